The molecule has 1 aromatic heterocycles. The van der Waals surface area contributed by atoms with E-state index < -0.39 is 20.7 Å². The fourth-order valence-corrected chi connectivity index (χ4v) is 2.63. The number of nitrogens with zero attached hydrogens (tertiary/aromatic N) is 2. The number of anilines is 1. The van der Waals surface area contributed by atoms with Crippen LogP contribution in [0.15, 0.2) is 35.5 Å². The summed E-state index contributed by atoms with van der Waals surface area (Å²) in [6.07, 6.45) is 2.77. The molecule has 0 unspecified atom stereocenters. The molecule has 0 amide bonds. The number of hydrogen-bond donors (Lipinski definition) is 2. The van der Waals surface area contributed by atoms with Crippen molar-refractivity contribution in [2.24, 2.45) is 7.05 Å². The van der Waals surface area contributed by atoms with Crippen LogP contribution in [-0.4, -0.2) is 23.3 Å². The maximum absolute atomic E-state index is 13.7. The molecule has 0 atom stereocenters. The zero-order valence-electron chi connectivity index (χ0n) is 10.0. The molecular formula is C11H12FN3O3S. The average molecular weight is 285 g/mol. The van der Waals surface area contributed by atoms with Gasteiger partial charge < -0.3 is 5.11 Å². The Bertz CT molecular complexity index is 697. The highest BCUT2D eigenvalue weighted by Gasteiger charge is 2.19. The predicted molar refractivity (Wildman–Crippen MR) is 66.3 cm³/mol. The van der Waals surface area contributed by atoms with Crippen LogP contribution in [0.1, 0.15) is 5.56 Å². The number of halogens is 1. The van der Waals surface area contributed by atoms with Crippen LogP contribution in [0, 0.1) is 5.82 Å². The van der Waals surface area contributed by atoms with E-state index in [-0.39, 0.29) is 12.3 Å². The molecule has 0 saturated heterocycles. The lowest BCUT2D eigenvalue weighted by atomic mass is 10.2. The van der Waals surface area contributed by atoms with Crippen LogP contribution in [0.4, 0.5) is 10.1 Å². The largest absolute Gasteiger partial charge is 0.392 e. The molecule has 8 heteroatoms. The second-order valence-corrected chi connectivity index (χ2v) is 5.58. The average Bonchev–Trinajstić information content (AvgIpc) is 2.73. The number of aliphatic hydroxyl groups is 1. The maximum Gasteiger partial charge on any atom is 0.264 e. The summed E-state index contributed by atoms with van der Waals surface area (Å²) in [5, 5.41) is 12.7. The van der Waals surface area contributed by atoms with Crippen molar-refractivity contribution in [2.75, 3.05) is 4.72 Å². The minimum absolute atomic E-state index is 0.244. The first-order valence-corrected chi connectivity index (χ1v) is 6.81. The van der Waals surface area contributed by atoms with E-state index in [2.05, 4.69) is 9.82 Å². The molecule has 0 fully saturated rings. The second kappa shape index (κ2) is 4.98. The molecule has 1 aromatic carbocycles. The summed E-state index contributed by atoms with van der Waals surface area (Å²) in [4.78, 5) is -0.478. The standard InChI is InChI=1S/C11H12FN3O3S/c1-15-6-9(5-13-15)14-19(17,18)11-3-2-8(7-16)4-10(11)12/h2-6,14,16H,7H2,1H3. The molecule has 2 rings (SSSR count). The first-order valence-electron chi connectivity index (χ1n) is 5.33. The van der Waals surface area contributed by atoms with Gasteiger partial charge in [-0.1, -0.05) is 6.07 Å². The monoisotopic (exact) mass is 285 g/mol. The molecule has 0 saturated carbocycles. The number of hydrogen-bond acceptors (Lipinski definition) is 4. The van der Waals surface area contributed by atoms with E-state index in [1.165, 1.54) is 23.1 Å². The number of aliphatic hydroxyl groups excluding tert-OH is 1. The number of benzene rings is 1. The molecule has 0 radical (unpaired) electrons. The van der Waals surface area contributed by atoms with E-state index in [1.807, 2.05) is 0 Å². The Balaban J connectivity index is 2.34. The lowest BCUT2D eigenvalue weighted by Gasteiger charge is -2.07. The van der Waals surface area contributed by atoms with Crippen LogP contribution in [-0.2, 0) is 23.7 Å². The third kappa shape index (κ3) is 2.91. The number of aromatic nitrogens is 2. The fraction of sp³-hybridized carbons (Fsp3) is 0.182. The quantitative estimate of drug-likeness (QED) is 0.872. The van der Waals surface area contributed by atoms with Crippen LogP contribution in [0.5, 0.6) is 0 Å². The molecular weight excluding hydrogens is 273 g/mol. The van der Waals surface area contributed by atoms with Crippen LogP contribution in [0.3, 0.4) is 0 Å². The van der Waals surface area contributed by atoms with E-state index in [0.29, 0.717) is 5.56 Å². The number of rotatable bonds is 4. The molecule has 2 aromatic rings. The Hall–Kier alpha value is -1.93. The first-order chi connectivity index (χ1) is 8.92. The van der Waals surface area contributed by atoms with Crippen LogP contribution in [0.2, 0.25) is 0 Å². The zero-order chi connectivity index (χ0) is 14.0. The van der Waals surface area contributed by atoms with Gasteiger partial charge in [0.25, 0.3) is 10.0 Å². The van der Waals surface area contributed by atoms with Crippen LogP contribution < -0.4 is 4.72 Å². The van der Waals surface area contributed by atoms with Crippen molar-refractivity contribution in [1.29, 1.82) is 0 Å². The summed E-state index contributed by atoms with van der Waals surface area (Å²) in [6, 6.07) is 3.44. The molecule has 1 heterocycles. The highest BCUT2D eigenvalue weighted by molar-refractivity contribution is 7.92. The molecule has 102 valence electrons. The van der Waals surface area contributed by atoms with Gasteiger partial charge in [0.1, 0.15) is 10.7 Å². The minimum Gasteiger partial charge on any atom is -0.392 e. The summed E-state index contributed by atoms with van der Waals surface area (Å²) in [5.74, 6) is -0.914. The van der Waals surface area contributed by atoms with E-state index in [4.69, 9.17) is 5.11 Å². The van der Waals surface area contributed by atoms with E-state index in [0.717, 1.165) is 12.1 Å². The van der Waals surface area contributed by atoms with E-state index >= 15 is 0 Å². The Morgan fingerprint density at radius 3 is 2.74 bits per heavy atom. The molecule has 19 heavy (non-hydrogen) atoms. The Morgan fingerprint density at radius 2 is 2.21 bits per heavy atom. The summed E-state index contributed by atoms with van der Waals surface area (Å²) in [7, 11) is -2.38. The van der Waals surface area contributed by atoms with Gasteiger partial charge in [0.15, 0.2) is 0 Å². The molecule has 0 aliphatic rings. The van der Waals surface area contributed by atoms with Crippen LogP contribution in [0.25, 0.3) is 0 Å². The lowest BCUT2D eigenvalue weighted by Crippen LogP contribution is -2.14. The van der Waals surface area contributed by atoms with Gasteiger partial charge in [0.2, 0.25) is 0 Å². The van der Waals surface area contributed by atoms with Crippen molar-refractivity contribution in [3.05, 3.63) is 42.0 Å². The van der Waals surface area contributed by atoms with E-state index in [9.17, 15) is 12.8 Å². The van der Waals surface area contributed by atoms with Gasteiger partial charge in [-0.15, -0.1) is 0 Å². The van der Waals surface area contributed by atoms with Gasteiger partial charge in [-0.2, -0.15) is 5.10 Å². The van der Waals surface area contributed by atoms with Crippen molar-refractivity contribution >= 4 is 15.7 Å². The fourth-order valence-electron chi connectivity index (χ4n) is 1.54. The third-order valence-corrected chi connectivity index (χ3v) is 3.84. The number of sulfonamides is 1. The number of aryl methyl sites for hydroxylation is 1. The summed E-state index contributed by atoms with van der Waals surface area (Å²) in [6.45, 7) is -0.354. The second-order valence-electron chi connectivity index (χ2n) is 3.93. The Labute approximate surface area is 109 Å². The summed E-state index contributed by atoms with van der Waals surface area (Å²) >= 11 is 0. The van der Waals surface area contributed by atoms with Gasteiger partial charge in [-0.25, -0.2) is 12.8 Å². The SMILES string of the molecule is Cn1cc(NS(=O)(=O)c2ccc(CO)cc2F)cn1. The smallest absolute Gasteiger partial charge is 0.264 e. The van der Waals surface area contributed by atoms with Crippen molar-refractivity contribution in [2.45, 2.75) is 11.5 Å². The maximum atomic E-state index is 13.7. The van der Waals surface area contributed by atoms with Crippen molar-refractivity contribution in [3.63, 3.8) is 0 Å². The topological polar surface area (TPSA) is 84.2 Å². The van der Waals surface area contributed by atoms with Gasteiger partial charge in [-0.05, 0) is 17.7 Å². The predicted octanol–water partition coefficient (Wildman–Crippen LogP) is 0.852. The lowest BCUT2D eigenvalue weighted by molar-refractivity contribution is 0.281. The van der Waals surface area contributed by atoms with Gasteiger partial charge in [0, 0.05) is 13.2 Å². The zero-order valence-corrected chi connectivity index (χ0v) is 10.9. The van der Waals surface area contributed by atoms with Gasteiger partial charge in [-0.3, -0.25) is 9.40 Å². The summed E-state index contributed by atoms with van der Waals surface area (Å²) in [5.41, 5.74) is 0.547. The Kier molecular flexibility index (Phi) is 3.54. The molecule has 0 aliphatic heterocycles. The van der Waals surface area contributed by atoms with Crippen molar-refractivity contribution in [3.8, 4) is 0 Å². The molecule has 2 N–H and O–H groups in total. The van der Waals surface area contributed by atoms with E-state index in [1.54, 1.807) is 7.05 Å². The Morgan fingerprint density at radius 1 is 1.47 bits per heavy atom. The highest BCUT2D eigenvalue weighted by atomic mass is 32.2. The molecule has 0 bridgehead atoms. The van der Waals surface area contributed by atoms with Crippen LogP contribution >= 0.6 is 0 Å². The van der Waals surface area contributed by atoms with Crippen molar-refractivity contribution in [1.82, 2.24) is 9.78 Å². The minimum atomic E-state index is -4.02. The van der Waals surface area contributed by atoms with Gasteiger partial charge in [0.05, 0.1) is 18.5 Å². The number of nitrogens with one attached hydrogen (secondary N) is 1. The normalized spacial score (nSPS) is 11.5. The molecule has 0 aliphatic carbocycles. The van der Waals surface area contributed by atoms with Gasteiger partial charge >= 0.3 is 0 Å². The summed E-state index contributed by atoms with van der Waals surface area (Å²) < 4.78 is 41.3. The third-order valence-electron chi connectivity index (χ3n) is 2.43. The molecule has 0 spiro atoms. The molecule has 6 nitrogen and oxygen atoms in total. The first kappa shape index (κ1) is 13.5. The van der Waals surface area contributed by atoms with Crippen molar-refractivity contribution < 1.29 is 17.9 Å². The highest BCUT2D eigenvalue weighted by Crippen LogP contribution is 2.19.